The van der Waals surface area contributed by atoms with E-state index in [1.807, 2.05) is 31.2 Å². The van der Waals surface area contributed by atoms with Crippen LogP contribution in [0.3, 0.4) is 0 Å². The van der Waals surface area contributed by atoms with Gasteiger partial charge < -0.3 is 10.0 Å². The predicted octanol–water partition coefficient (Wildman–Crippen LogP) is 1.16. The zero-order valence-electron chi connectivity index (χ0n) is 18.0. The number of carbonyl (C=O) groups is 1. The second kappa shape index (κ2) is 8.21. The van der Waals surface area contributed by atoms with E-state index in [1.54, 1.807) is 15.7 Å². The normalized spacial score (nSPS) is 14.8. The molecule has 0 aromatic carbocycles. The molecule has 2 N–H and O–H groups in total. The van der Waals surface area contributed by atoms with Crippen LogP contribution in [-0.4, -0.2) is 60.1 Å². The van der Waals surface area contributed by atoms with Crippen LogP contribution in [0.5, 0.6) is 0 Å². The zero-order valence-corrected chi connectivity index (χ0v) is 18.0. The highest BCUT2D eigenvalue weighted by molar-refractivity contribution is 6.01. The number of piperidine rings is 1. The number of aliphatic hydroxyl groups is 1. The summed E-state index contributed by atoms with van der Waals surface area (Å²) in [6, 6.07) is 7.22. The van der Waals surface area contributed by atoms with E-state index in [-0.39, 0.29) is 17.3 Å². The second-order valence-corrected chi connectivity index (χ2v) is 8.17. The van der Waals surface area contributed by atoms with Crippen molar-refractivity contribution in [1.29, 1.82) is 0 Å². The monoisotopic (exact) mass is 446 g/mol. The lowest BCUT2D eigenvalue weighted by atomic mass is 10.0. The van der Waals surface area contributed by atoms with Gasteiger partial charge in [-0.1, -0.05) is 0 Å². The summed E-state index contributed by atoms with van der Waals surface area (Å²) in [5.41, 5.74) is 2.79. The van der Waals surface area contributed by atoms with Crippen LogP contribution in [0.15, 0.2) is 46.2 Å². The number of likely N-dealkylation sites (tertiary alicyclic amines) is 1. The van der Waals surface area contributed by atoms with Crippen molar-refractivity contribution in [3.8, 4) is 11.3 Å². The predicted molar refractivity (Wildman–Crippen MR) is 122 cm³/mol. The maximum Gasteiger partial charge on any atom is 0.329 e. The molecule has 1 amide bonds. The van der Waals surface area contributed by atoms with E-state index in [4.69, 9.17) is 10.1 Å². The summed E-state index contributed by atoms with van der Waals surface area (Å²) in [4.78, 5) is 54.9. The Labute approximate surface area is 187 Å². The van der Waals surface area contributed by atoms with Crippen LogP contribution >= 0.6 is 0 Å². The molecular weight excluding hydrogens is 424 g/mol. The average Bonchev–Trinajstić information content (AvgIpc) is 2.84. The smallest absolute Gasteiger partial charge is 0.329 e. The molecule has 0 radical (unpaired) electrons. The number of nitrogens with zero attached hydrogens (tertiary/aromatic N) is 5. The van der Waals surface area contributed by atoms with Crippen molar-refractivity contribution >= 4 is 27.8 Å². The van der Waals surface area contributed by atoms with Crippen molar-refractivity contribution in [3.05, 3.63) is 63.2 Å². The number of hydrogen-bond donors (Lipinski definition) is 2. The third-order valence-electron chi connectivity index (χ3n) is 6.14. The molecule has 4 aromatic rings. The van der Waals surface area contributed by atoms with E-state index in [9.17, 15) is 14.4 Å². The first-order valence-corrected chi connectivity index (χ1v) is 10.7. The summed E-state index contributed by atoms with van der Waals surface area (Å²) < 4.78 is 1.58. The Bertz CT molecular complexity index is 1480. The maximum absolute atomic E-state index is 13.0. The van der Waals surface area contributed by atoms with Gasteiger partial charge in [-0.25, -0.2) is 9.78 Å². The summed E-state index contributed by atoms with van der Waals surface area (Å²) in [5.74, 6) is -0.334. The van der Waals surface area contributed by atoms with Crippen LogP contribution < -0.4 is 11.2 Å². The summed E-state index contributed by atoms with van der Waals surface area (Å²) in [7, 11) is 0. The molecule has 0 aliphatic carbocycles. The molecule has 168 valence electrons. The lowest BCUT2D eigenvalue weighted by molar-refractivity contribution is -0.135. The minimum absolute atomic E-state index is 0.239. The number of hydrogen-bond acceptors (Lipinski definition) is 7. The number of carbonyl (C=O) groups excluding carboxylic acids is 1. The van der Waals surface area contributed by atoms with Crippen LogP contribution in [0.4, 0.5) is 0 Å². The van der Waals surface area contributed by atoms with Gasteiger partial charge in [0.1, 0.15) is 12.1 Å². The summed E-state index contributed by atoms with van der Waals surface area (Å²) in [6.45, 7) is 2.18. The van der Waals surface area contributed by atoms with Gasteiger partial charge in [0, 0.05) is 42.8 Å². The van der Waals surface area contributed by atoms with Crippen molar-refractivity contribution in [2.75, 3.05) is 19.7 Å². The van der Waals surface area contributed by atoms with Crippen molar-refractivity contribution in [2.24, 2.45) is 0 Å². The number of aryl methyl sites for hydroxylation is 1. The van der Waals surface area contributed by atoms with Crippen molar-refractivity contribution in [3.63, 3.8) is 0 Å². The topological polar surface area (TPSA) is 134 Å². The molecule has 0 spiro atoms. The first-order valence-electron chi connectivity index (χ1n) is 10.7. The number of nitrogens with one attached hydrogen (secondary N) is 1. The summed E-state index contributed by atoms with van der Waals surface area (Å²) in [5, 5.41) is 9.41. The molecule has 1 aliphatic heterocycles. The quantitative estimate of drug-likeness (QED) is 0.451. The molecule has 1 aliphatic rings. The van der Waals surface area contributed by atoms with Crippen LogP contribution in [0, 0.1) is 6.92 Å². The Morgan fingerprint density at radius 3 is 2.61 bits per heavy atom. The van der Waals surface area contributed by atoms with E-state index in [2.05, 4.69) is 15.0 Å². The SMILES string of the molecule is Cc1ccc(-c2ccc3ncc4c(=O)[nH]c(=O)n(C5CCN(C(=O)CO)CC5)c4c3n2)cn1. The molecule has 1 saturated heterocycles. The van der Waals surface area contributed by atoms with Gasteiger partial charge in [0.05, 0.1) is 22.1 Å². The number of fused-ring (bicyclic) bond motifs is 3. The molecule has 1 fully saturated rings. The Balaban J connectivity index is 1.69. The molecule has 0 saturated carbocycles. The number of pyridine rings is 3. The van der Waals surface area contributed by atoms with Gasteiger partial charge in [-0.15, -0.1) is 0 Å². The molecule has 10 nitrogen and oxygen atoms in total. The lowest BCUT2D eigenvalue weighted by Crippen LogP contribution is -2.43. The van der Waals surface area contributed by atoms with Crippen LogP contribution in [-0.2, 0) is 4.79 Å². The Morgan fingerprint density at radius 2 is 1.91 bits per heavy atom. The highest BCUT2D eigenvalue weighted by Gasteiger charge is 2.26. The summed E-state index contributed by atoms with van der Waals surface area (Å²) in [6.07, 6.45) is 4.22. The number of aliphatic hydroxyl groups excluding tert-OH is 1. The van der Waals surface area contributed by atoms with Gasteiger partial charge in [-0.2, -0.15) is 0 Å². The van der Waals surface area contributed by atoms with E-state index in [0.29, 0.717) is 48.2 Å². The zero-order chi connectivity index (χ0) is 23.1. The Hall–Kier alpha value is -3.92. The molecule has 0 atom stereocenters. The van der Waals surface area contributed by atoms with Gasteiger partial charge in [-0.3, -0.25) is 29.1 Å². The van der Waals surface area contributed by atoms with Crippen molar-refractivity contribution in [1.82, 2.24) is 29.4 Å². The number of amides is 1. The molecule has 0 bridgehead atoms. The Kier molecular flexibility index (Phi) is 5.21. The van der Waals surface area contributed by atoms with Crippen molar-refractivity contribution in [2.45, 2.75) is 25.8 Å². The minimum Gasteiger partial charge on any atom is -0.387 e. The van der Waals surface area contributed by atoms with Gasteiger partial charge in [0.2, 0.25) is 5.91 Å². The highest BCUT2D eigenvalue weighted by atomic mass is 16.3. The first-order chi connectivity index (χ1) is 16.0. The van der Waals surface area contributed by atoms with E-state index < -0.39 is 17.9 Å². The maximum atomic E-state index is 13.0. The second-order valence-electron chi connectivity index (χ2n) is 8.17. The standard InChI is InChI=1S/C23H22N6O4/c1-13-2-3-14(10-24-13)17-4-5-18-20(26-17)21-16(11-25-18)22(32)27-23(33)29(21)15-6-8-28(9-7-15)19(31)12-30/h2-5,10-11,15,30H,6-9,12H2,1H3,(H,27,32,33). The number of rotatable bonds is 3. The summed E-state index contributed by atoms with van der Waals surface area (Å²) >= 11 is 0. The van der Waals surface area contributed by atoms with Gasteiger partial charge in [0.15, 0.2) is 0 Å². The minimum atomic E-state index is -0.539. The lowest BCUT2D eigenvalue weighted by Gasteiger charge is -2.33. The fourth-order valence-electron chi connectivity index (χ4n) is 4.39. The highest BCUT2D eigenvalue weighted by Crippen LogP contribution is 2.28. The molecule has 33 heavy (non-hydrogen) atoms. The number of aromatic nitrogens is 5. The average molecular weight is 446 g/mol. The largest absolute Gasteiger partial charge is 0.387 e. The fourth-order valence-corrected chi connectivity index (χ4v) is 4.39. The van der Waals surface area contributed by atoms with Crippen LogP contribution in [0.2, 0.25) is 0 Å². The fraction of sp³-hybridized carbons (Fsp3) is 0.304. The third kappa shape index (κ3) is 3.68. The van der Waals surface area contributed by atoms with Gasteiger partial charge >= 0.3 is 5.69 Å². The number of aromatic amines is 1. The third-order valence-corrected chi connectivity index (χ3v) is 6.14. The van der Waals surface area contributed by atoms with E-state index >= 15 is 0 Å². The Morgan fingerprint density at radius 1 is 1.12 bits per heavy atom. The van der Waals surface area contributed by atoms with Gasteiger partial charge in [-0.05, 0) is 44.0 Å². The van der Waals surface area contributed by atoms with E-state index in [0.717, 1.165) is 11.3 Å². The molecule has 0 unspecified atom stereocenters. The van der Waals surface area contributed by atoms with Gasteiger partial charge in [0.25, 0.3) is 5.56 Å². The molecule has 4 aromatic heterocycles. The molecule has 10 heteroatoms. The molecule has 5 heterocycles. The number of H-pyrrole nitrogens is 1. The van der Waals surface area contributed by atoms with Crippen LogP contribution in [0.25, 0.3) is 33.2 Å². The van der Waals surface area contributed by atoms with E-state index in [1.165, 1.54) is 6.20 Å². The first kappa shape index (κ1) is 21.0. The van der Waals surface area contributed by atoms with Crippen LogP contribution in [0.1, 0.15) is 24.6 Å². The molecular formula is C23H22N6O4. The molecule has 5 rings (SSSR count). The van der Waals surface area contributed by atoms with Crippen molar-refractivity contribution < 1.29 is 9.90 Å².